The van der Waals surface area contributed by atoms with Gasteiger partial charge in [0.05, 0.1) is 6.54 Å². The molecule has 0 aromatic carbocycles. The zero-order valence-corrected chi connectivity index (χ0v) is 9.77. The van der Waals surface area contributed by atoms with Crippen LogP contribution in [0, 0.1) is 6.92 Å². The van der Waals surface area contributed by atoms with Crippen LogP contribution in [0.5, 0.6) is 0 Å². The molecule has 18 heavy (non-hydrogen) atoms. The number of carboxylic acid groups (broad SMARTS) is 1. The maximum atomic E-state index is 11.6. The molecule has 1 rings (SSSR count). The molecule has 7 nitrogen and oxygen atoms in total. The summed E-state index contributed by atoms with van der Waals surface area (Å²) in [5.41, 5.74) is 1.09. The number of hydrogen-bond donors (Lipinski definition) is 3. The van der Waals surface area contributed by atoms with Gasteiger partial charge in [-0.05, 0) is 19.1 Å². The molecule has 0 spiro atoms. The van der Waals surface area contributed by atoms with Crippen LogP contribution in [0.4, 0.5) is 0 Å². The Hall–Kier alpha value is -2.44. The lowest BCUT2D eigenvalue weighted by Gasteiger charge is -2.05. The number of aliphatic carboxylic acids is 1. The Bertz CT molecular complexity index is 473. The SMILES string of the molecule is Cc1cc(C(=O)NCC(=O)NCC(=O)O)ccn1. The number of pyridine rings is 1. The van der Waals surface area contributed by atoms with Gasteiger partial charge in [0.1, 0.15) is 6.54 Å². The van der Waals surface area contributed by atoms with Gasteiger partial charge in [-0.1, -0.05) is 0 Å². The summed E-state index contributed by atoms with van der Waals surface area (Å²) in [4.78, 5) is 36.9. The molecule has 2 amide bonds. The van der Waals surface area contributed by atoms with Crippen molar-refractivity contribution in [3.63, 3.8) is 0 Å². The Morgan fingerprint density at radius 3 is 2.61 bits per heavy atom. The van der Waals surface area contributed by atoms with Crippen LogP contribution in [0.25, 0.3) is 0 Å². The molecule has 7 heteroatoms. The number of carboxylic acids is 1. The Morgan fingerprint density at radius 2 is 2.00 bits per heavy atom. The van der Waals surface area contributed by atoms with E-state index in [1.165, 1.54) is 12.3 Å². The molecule has 0 unspecified atom stereocenters. The summed E-state index contributed by atoms with van der Waals surface area (Å²) in [5, 5.41) is 12.9. The number of aromatic nitrogens is 1. The third-order valence-electron chi connectivity index (χ3n) is 2.01. The Labute approximate surface area is 103 Å². The summed E-state index contributed by atoms with van der Waals surface area (Å²) in [6, 6.07) is 3.11. The van der Waals surface area contributed by atoms with Crippen LogP contribution in [0.1, 0.15) is 16.1 Å². The summed E-state index contributed by atoms with van der Waals surface area (Å²) in [7, 11) is 0. The lowest BCUT2D eigenvalue weighted by Crippen LogP contribution is -2.39. The van der Waals surface area contributed by atoms with E-state index in [0.717, 1.165) is 0 Å². The van der Waals surface area contributed by atoms with Crippen molar-refractivity contribution in [3.8, 4) is 0 Å². The maximum Gasteiger partial charge on any atom is 0.322 e. The van der Waals surface area contributed by atoms with Gasteiger partial charge in [-0.2, -0.15) is 0 Å². The summed E-state index contributed by atoms with van der Waals surface area (Å²) >= 11 is 0. The highest BCUT2D eigenvalue weighted by molar-refractivity contribution is 5.96. The van der Waals surface area contributed by atoms with Crippen molar-refractivity contribution in [2.75, 3.05) is 13.1 Å². The lowest BCUT2D eigenvalue weighted by molar-refractivity contribution is -0.137. The first-order chi connectivity index (χ1) is 8.49. The van der Waals surface area contributed by atoms with E-state index in [1.807, 2.05) is 0 Å². The maximum absolute atomic E-state index is 11.6. The molecule has 0 fully saturated rings. The third-order valence-corrected chi connectivity index (χ3v) is 2.01. The molecule has 3 N–H and O–H groups in total. The highest BCUT2D eigenvalue weighted by Gasteiger charge is 2.08. The van der Waals surface area contributed by atoms with Gasteiger partial charge in [-0.15, -0.1) is 0 Å². The molecule has 0 aliphatic rings. The van der Waals surface area contributed by atoms with Crippen molar-refractivity contribution < 1.29 is 19.5 Å². The number of hydrogen-bond acceptors (Lipinski definition) is 4. The van der Waals surface area contributed by atoms with Crippen molar-refractivity contribution in [3.05, 3.63) is 29.6 Å². The molecular formula is C11H13N3O4. The first-order valence-corrected chi connectivity index (χ1v) is 5.18. The van der Waals surface area contributed by atoms with E-state index in [0.29, 0.717) is 11.3 Å². The molecule has 0 saturated carbocycles. The molecule has 0 aliphatic heterocycles. The smallest absolute Gasteiger partial charge is 0.322 e. The van der Waals surface area contributed by atoms with E-state index in [4.69, 9.17) is 5.11 Å². The standard InChI is InChI=1S/C11H13N3O4/c1-7-4-8(2-3-12-7)11(18)14-5-9(15)13-6-10(16)17/h2-4H,5-6H2,1H3,(H,13,15)(H,14,18)(H,16,17). The molecule has 0 bridgehead atoms. The fourth-order valence-corrected chi connectivity index (χ4v) is 1.19. The van der Waals surface area contributed by atoms with Crippen LogP contribution in [0.2, 0.25) is 0 Å². The number of rotatable bonds is 5. The first-order valence-electron chi connectivity index (χ1n) is 5.18. The van der Waals surface area contributed by atoms with Crippen molar-refractivity contribution in [2.24, 2.45) is 0 Å². The molecule has 0 atom stereocenters. The summed E-state index contributed by atoms with van der Waals surface area (Å²) in [5.74, 6) is -2.11. The third kappa shape index (κ3) is 4.60. The van der Waals surface area contributed by atoms with E-state index in [-0.39, 0.29) is 6.54 Å². The zero-order valence-electron chi connectivity index (χ0n) is 9.77. The molecule has 0 saturated heterocycles. The quantitative estimate of drug-likeness (QED) is 0.642. The monoisotopic (exact) mass is 251 g/mol. The Kier molecular flexibility index (Phi) is 4.79. The van der Waals surface area contributed by atoms with Crippen LogP contribution >= 0.6 is 0 Å². The second-order valence-electron chi connectivity index (χ2n) is 3.54. The van der Waals surface area contributed by atoms with E-state index >= 15 is 0 Å². The van der Waals surface area contributed by atoms with Gasteiger partial charge in [0.2, 0.25) is 5.91 Å². The molecular weight excluding hydrogens is 238 g/mol. The van der Waals surface area contributed by atoms with E-state index in [1.54, 1.807) is 13.0 Å². The molecule has 96 valence electrons. The molecule has 1 aromatic rings. The average Bonchev–Trinajstić information content (AvgIpc) is 2.33. The van der Waals surface area contributed by atoms with Crippen molar-refractivity contribution in [1.82, 2.24) is 15.6 Å². The highest BCUT2D eigenvalue weighted by atomic mass is 16.4. The minimum Gasteiger partial charge on any atom is -0.480 e. The second-order valence-corrected chi connectivity index (χ2v) is 3.54. The second kappa shape index (κ2) is 6.33. The number of amides is 2. The minimum absolute atomic E-state index is 0.270. The Balaban J connectivity index is 2.42. The van der Waals surface area contributed by atoms with Crippen LogP contribution in [-0.4, -0.2) is 41.0 Å². The summed E-state index contributed by atoms with van der Waals surface area (Å²) in [6.45, 7) is 1.01. The molecule has 0 aliphatic carbocycles. The van der Waals surface area contributed by atoms with Gasteiger partial charge < -0.3 is 15.7 Å². The lowest BCUT2D eigenvalue weighted by atomic mass is 10.2. The van der Waals surface area contributed by atoms with E-state index < -0.39 is 24.3 Å². The van der Waals surface area contributed by atoms with Gasteiger partial charge in [0.15, 0.2) is 0 Å². The van der Waals surface area contributed by atoms with Crippen molar-refractivity contribution >= 4 is 17.8 Å². The van der Waals surface area contributed by atoms with Crippen molar-refractivity contribution in [2.45, 2.75) is 6.92 Å². The van der Waals surface area contributed by atoms with Gasteiger partial charge in [-0.3, -0.25) is 19.4 Å². The molecule has 1 aromatic heterocycles. The summed E-state index contributed by atoms with van der Waals surface area (Å²) < 4.78 is 0. The van der Waals surface area contributed by atoms with Crippen LogP contribution in [0.15, 0.2) is 18.3 Å². The van der Waals surface area contributed by atoms with Gasteiger partial charge in [0, 0.05) is 17.5 Å². The topological polar surface area (TPSA) is 108 Å². The summed E-state index contributed by atoms with van der Waals surface area (Å²) in [6.07, 6.45) is 1.49. The first kappa shape index (κ1) is 13.6. The molecule has 0 radical (unpaired) electrons. The van der Waals surface area contributed by atoms with E-state index in [2.05, 4.69) is 15.6 Å². The Morgan fingerprint density at radius 1 is 1.28 bits per heavy atom. The average molecular weight is 251 g/mol. The van der Waals surface area contributed by atoms with Crippen LogP contribution in [-0.2, 0) is 9.59 Å². The minimum atomic E-state index is -1.14. The van der Waals surface area contributed by atoms with Crippen molar-refractivity contribution in [1.29, 1.82) is 0 Å². The predicted octanol–water partition coefficient (Wildman–Crippen LogP) is -0.679. The fraction of sp³-hybridized carbons (Fsp3) is 0.273. The number of aryl methyl sites for hydroxylation is 1. The van der Waals surface area contributed by atoms with Gasteiger partial charge >= 0.3 is 5.97 Å². The zero-order chi connectivity index (χ0) is 13.5. The number of carbonyl (C=O) groups excluding carboxylic acids is 2. The predicted molar refractivity (Wildman–Crippen MR) is 62.0 cm³/mol. The van der Waals surface area contributed by atoms with Gasteiger partial charge in [-0.25, -0.2) is 0 Å². The van der Waals surface area contributed by atoms with Crippen LogP contribution in [0.3, 0.4) is 0 Å². The largest absolute Gasteiger partial charge is 0.480 e. The normalized spacial score (nSPS) is 9.61. The molecule has 1 heterocycles. The van der Waals surface area contributed by atoms with Crippen LogP contribution < -0.4 is 10.6 Å². The fourth-order valence-electron chi connectivity index (χ4n) is 1.19. The highest BCUT2D eigenvalue weighted by Crippen LogP contribution is 1.99. The van der Waals surface area contributed by atoms with Gasteiger partial charge in [0.25, 0.3) is 5.91 Å². The van der Waals surface area contributed by atoms with E-state index in [9.17, 15) is 14.4 Å². The number of nitrogens with zero attached hydrogens (tertiary/aromatic N) is 1. The number of nitrogens with one attached hydrogen (secondary N) is 2. The number of carbonyl (C=O) groups is 3.